The number of rotatable bonds is 1. The van der Waals surface area contributed by atoms with E-state index in [1.165, 1.54) is 0 Å². The Morgan fingerprint density at radius 1 is 1.08 bits per heavy atom. The highest BCUT2D eigenvalue weighted by Crippen LogP contribution is 2.16. The molecule has 0 unspecified atom stereocenters. The molecular formula is C6H3F3O3S. The Morgan fingerprint density at radius 3 is 1.77 bits per heavy atom. The highest BCUT2D eigenvalue weighted by molar-refractivity contribution is 7.85. The minimum atomic E-state index is -4.71. The van der Waals surface area contributed by atoms with E-state index in [1.807, 2.05) is 0 Å². The third-order valence-electron chi connectivity index (χ3n) is 1.26. The summed E-state index contributed by atoms with van der Waals surface area (Å²) in [5, 5.41) is 0. The van der Waals surface area contributed by atoms with Crippen molar-refractivity contribution in [2.24, 2.45) is 0 Å². The SMILES string of the molecule is O=S(=O)(O)c1cc(F)c(F)c(F)c1. The molecule has 13 heavy (non-hydrogen) atoms. The fraction of sp³-hybridized carbons (Fsp3) is 0. The molecule has 0 atom stereocenters. The van der Waals surface area contributed by atoms with Crippen molar-refractivity contribution in [3.8, 4) is 0 Å². The Hall–Kier alpha value is -1.08. The van der Waals surface area contributed by atoms with Crippen LogP contribution in [0.1, 0.15) is 0 Å². The molecule has 0 spiro atoms. The minimum absolute atomic E-state index is 0.188. The van der Waals surface area contributed by atoms with Gasteiger partial charge in [-0.2, -0.15) is 8.42 Å². The molecule has 0 bridgehead atoms. The molecule has 1 rings (SSSR count). The molecule has 0 aliphatic heterocycles. The first kappa shape index (κ1) is 10.0. The fourth-order valence-corrected chi connectivity index (χ4v) is 1.19. The van der Waals surface area contributed by atoms with Gasteiger partial charge in [-0.1, -0.05) is 0 Å². The maximum Gasteiger partial charge on any atom is 0.294 e. The lowest BCUT2D eigenvalue weighted by molar-refractivity contribution is 0.437. The molecule has 1 N–H and O–H groups in total. The van der Waals surface area contributed by atoms with Gasteiger partial charge in [0.2, 0.25) is 0 Å². The highest BCUT2D eigenvalue weighted by Gasteiger charge is 2.17. The van der Waals surface area contributed by atoms with Gasteiger partial charge in [-0.05, 0) is 12.1 Å². The first-order valence-electron chi connectivity index (χ1n) is 2.94. The van der Waals surface area contributed by atoms with E-state index in [1.54, 1.807) is 0 Å². The lowest BCUT2D eigenvalue weighted by Gasteiger charge is -1.98. The second-order valence-corrected chi connectivity index (χ2v) is 3.60. The summed E-state index contributed by atoms with van der Waals surface area (Å²) in [6.07, 6.45) is 0. The lowest BCUT2D eigenvalue weighted by Crippen LogP contribution is -2.01. The van der Waals surface area contributed by atoms with E-state index in [9.17, 15) is 21.6 Å². The molecule has 0 heterocycles. The molecular weight excluding hydrogens is 209 g/mol. The molecule has 1 aromatic carbocycles. The van der Waals surface area contributed by atoms with Crippen LogP contribution in [-0.4, -0.2) is 13.0 Å². The van der Waals surface area contributed by atoms with Gasteiger partial charge in [0.1, 0.15) is 0 Å². The van der Waals surface area contributed by atoms with Gasteiger partial charge in [0.05, 0.1) is 4.90 Å². The van der Waals surface area contributed by atoms with Crippen LogP contribution >= 0.6 is 0 Å². The zero-order valence-corrected chi connectivity index (χ0v) is 6.78. The van der Waals surface area contributed by atoms with E-state index in [4.69, 9.17) is 4.55 Å². The smallest absolute Gasteiger partial charge is 0.282 e. The summed E-state index contributed by atoms with van der Waals surface area (Å²) in [6.45, 7) is 0. The van der Waals surface area contributed by atoms with Crippen LogP contribution in [-0.2, 0) is 10.1 Å². The zero-order valence-electron chi connectivity index (χ0n) is 5.96. The fourth-order valence-electron chi connectivity index (χ4n) is 0.681. The van der Waals surface area contributed by atoms with Crippen LogP contribution in [0.15, 0.2) is 17.0 Å². The number of hydrogen-bond donors (Lipinski definition) is 1. The second-order valence-electron chi connectivity index (χ2n) is 2.18. The molecule has 0 amide bonds. The van der Waals surface area contributed by atoms with Crippen molar-refractivity contribution in [3.05, 3.63) is 29.6 Å². The van der Waals surface area contributed by atoms with Crippen LogP contribution in [0.25, 0.3) is 0 Å². The van der Waals surface area contributed by atoms with Crippen molar-refractivity contribution in [1.29, 1.82) is 0 Å². The predicted molar refractivity (Wildman–Crippen MR) is 36.1 cm³/mol. The summed E-state index contributed by atoms with van der Waals surface area (Å²) in [5.41, 5.74) is 0. The lowest BCUT2D eigenvalue weighted by atomic mass is 10.3. The average Bonchev–Trinajstić information content (AvgIpc) is 1.97. The van der Waals surface area contributed by atoms with Crippen molar-refractivity contribution in [2.45, 2.75) is 4.90 Å². The Balaban J connectivity index is 3.47. The summed E-state index contributed by atoms with van der Waals surface area (Å²) < 4.78 is 66.1. The largest absolute Gasteiger partial charge is 0.294 e. The maximum atomic E-state index is 12.4. The molecule has 7 heteroatoms. The Morgan fingerprint density at radius 2 is 1.46 bits per heavy atom. The van der Waals surface area contributed by atoms with Crippen LogP contribution in [0.5, 0.6) is 0 Å². The summed E-state index contributed by atoms with van der Waals surface area (Å²) in [7, 11) is -4.71. The maximum absolute atomic E-state index is 12.4. The second kappa shape index (κ2) is 3.00. The third kappa shape index (κ3) is 1.99. The first-order chi connectivity index (χ1) is 5.82. The molecule has 0 fully saturated rings. The molecule has 0 saturated heterocycles. The molecule has 0 aliphatic rings. The van der Waals surface area contributed by atoms with Crippen molar-refractivity contribution in [1.82, 2.24) is 0 Å². The summed E-state index contributed by atoms with van der Waals surface area (Å²) in [6, 6.07) is 0.376. The van der Waals surface area contributed by atoms with Crippen LogP contribution in [0.4, 0.5) is 13.2 Å². The number of hydrogen-bond acceptors (Lipinski definition) is 2. The van der Waals surface area contributed by atoms with Crippen molar-refractivity contribution in [2.75, 3.05) is 0 Å². The summed E-state index contributed by atoms with van der Waals surface area (Å²) in [5.74, 6) is -5.13. The molecule has 0 radical (unpaired) electrons. The van der Waals surface area contributed by atoms with Crippen molar-refractivity contribution < 1.29 is 26.1 Å². The van der Waals surface area contributed by atoms with E-state index in [-0.39, 0.29) is 12.1 Å². The summed E-state index contributed by atoms with van der Waals surface area (Å²) >= 11 is 0. The van der Waals surface area contributed by atoms with Crippen molar-refractivity contribution in [3.63, 3.8) is 0 Å². The number of benzene rings is 1. The van der Waals surface area contributed by atoms with Gasteiger partial charge in [-0.3, -0.25) is 4.55 Å². The van der Waals surface area contributed by atoms with Crippen LogP contribution in [0, 0.1) is 17.5 Å². The van der Waals surface area contributed by atoms with Gasteiger partial charge < -0.3 is 0 Å². The van der Waals surface area contributed by atoms with Gasteiger partial charge in [0.15, 0.2) is 17.5 Å². The van der Waals surface area contributed by atoms with E-state index < -0.39 is 32.5 Å². The molecule has 72 valence electrons. The Bertz CT molecular complexity index is 417. The van der Waals surface area contributed by atoms with Crippen LogP contribution < -0.4 is 0 Å². The van der Waals surface area contributed by atoms with Crippen LogP contribution in [0.3, 0.4) is 0 Å². The Kier molecular flexibility index (Phi) is 2.31. The minimum Gasteiger partial charge on any atom is -0.282 e. The molecule has 1 aromatic rings. The van der Waals surface area contributed by atoms with Crippen LogP contribution in [0.2, 0.25) is 0 Å². The molecule has 3 nitrogen and oxygen atoms in total. The predicted octanol–water partition coefficient (Wildman–Crippen LogP) is 1.35. The molecule has 0 aromatic heterocycles. The molecule has 0 saturated carbocycles. The van der Waals surface area contributed by atoms with Gasteiger partial charge >= 0.3 is 0 Å². The average molecular weight is 212 g/mol. The van der Waals surface area contributed by atoms with Gasteiger partial charge in [-0.25, -0.2) is 13.2 Å². The van der Waals surface area contributed by atoms with E-state index in [0.29, 0.717) is 0 Å². The van der Waals surface area contributed by atoms with Crippen molar-refractivity contribution >= 4 is 10.1 Å². The quantitative estimate of drug-likeness (QED) is 0.564. The van der Waals surface area contributed by atoms with Gasteiger partial charge in [0.25, 0.3) is 10.1 Å². The standard InChI is InChI=1S/C6H3F3O3S/c7-4-1-3(13(10,11)12)2-5(8)6(4)9/h1-2H,(H,10,11,12). The first-order valence-corrected chi connectivity index (χ1v) is 4.38. The van der Waals surface area contributed by atoms with E-state index in [2.05, 4.69) is 0 Å². The van der Waals surface area contributed by atoms with Gasteiger partial charge in [0, 0.05) is 0 Å². The topological polar surface area (TPSA) is 54.4 Å². The zero-order chi connectivity index (χ0) is 10.2. The molecule has 0 aliphatic carbocycles. The highest BCUT2D eigenvalue weighted by atomic mass is 32.2. The Labute approximate surface area is 71.6 Å². The van der Waals surface area contributed by atoms with Gasteiger partial charge in [-0.15, -0.1) is 0 Å². The third-order valence-corrected chi connectivity index (χ3v) is 2.09. The summed E-state index contributed by atoms with van der Waals surface area (Å²) in [4.78, 5) is -1.02. The number of halogens is 3. The van der Waals surface area contributed by atoms with E-state index in [0.717, 1.165) is 0 Å². The normalized spacial score (nSPS) is 11.7. The van der Waals surface area contributed by atoms with E-state index >= 15 is 0 Å². The monoisotopic (exact) mass is 212 g/mol.